The van der Waals surface area contributed by atoms with E-state index in [1.54, 1.807) is 28.7 Å². The molecule has 0 aliphatic heterocycles. The molecule has 0 unspecified atom stereocenters. The molecule has 24 heavy (non-hydrogen) atoms. The lowest BCUT2D eigenvalue weighted by molar-refractivity contribution is 0.0997. The van der Waals surface area contributed by atoms with Crippen LogP contribution in [-0.2, 0) is 6.42 Å². The highest BCUT2D eigenvalue weighted by Crippen LogP contribution is 2.17. The van der Waals surface area contributed by atoms with Gasteiger partial charge in [-0.1, -0.05) is 19.4 Å². The van der Waals surface area contributed by atoms with Gasteiger partial charge in [-0.05, 0) is 42.8 Å². The van der Waals surface area contributed by atoms with Crippen molar-refractivity contribution in [3.8, 4) is 0 Å². The van der Waals surface area contributed by atoms with E-state index in [1.165, 1.54) is 0 Å². The van der Waals surface area contributed by atoms with E-state index >= 15 is 0 Å². The quantitative estimate of drug-likeness (QED) is 0.756. The van der Waals surface area contributed by atoms with Crippen LogP contribution in [0, 0.1) is 0 Å². The number of nitrogens with two attached hydrogens (primary N) is 1. The molecule has 0 atom stereocenters. The molecule has 0 bridgehead atoms. The summed E-state index contributed by atoms with van der Waals surface area (Å²) in [6.07, 6.45) is 3.45. The lowest BCUT2D eigenvalue weighted by Crippen LogP contribution is -2.17. The number of hydrogen-bond donors (Lipinski definition) is 2. The Morgan fingerprint density at radius 2 is 1.92 bits per heavy atom. The largest absolute Gasteiger partial charge is 0.366 e. The summed E-state index contributed by atoms with van der Waals surface area (Å²) in [6.45, 7) is 2.05. The Labute approximate surface area is 139 Å². The van der Waals surface area contributed by atoms with Crippen LogP contribution in [0.4, 0.5) is 5.69 Å². The number of anilines is 1. The normalized spacial score (nSPS) is 10.7. The number of pyridine rings is 1. The van der Waals surface area contributed by atoms with Crippen LogP contribution in [0.25, 0.3) is 5.65 Å². The molecule has 6 heteroatoms. The van der Waals surface area contributed by atoms with Gasteiger partial charge in [0.05, 0.1) is 5.69 Å². The van der Waals surface area contributed by atoms with Crippen LogP contribution >= 0.6 is 0 Å². The van der Waals surface area contributed by atoms with Gasteiger partial charge in [-0.3, -0.25) is 14.0 Å². The van der Waals surface area contributed by atoms with Crippen molar-refractivity contribution in [1.82, 2.24) is 9.38 Å². The molecular weight excluding hydrogens is 304 g/mol. The molecule has 2 amide bonds. The first kappa shape index (κ1) is 15.7. The van der Waals surface area contributed by atoms with Crippen molar-refractivity contribution >= 4 is 23.1 Å². The fourth-order valence-corrected chi connectivity index (χ4v) is 2.60. The molecule has 0 spiro atoms. The van der Waals surface area contributed by atoms with E-state index < -0.39 is 5.91 Å². The second kappa shape index (κ2) is 6.54. The summed E-state index contributed by atoms with van der Waals surface area (Å²) in [6, 6.07) is 12.1. The Hall–Kier alpha value is -3.15. The average molecular weight is 322 g/mol. The predicted molar refractivity (Wildman–Crippen MR) is 92.1 cm³/mol. The number of hydrogen-bond acceptors (Lipinski definition) is 3. The van der Waals surface area contributed by atoms with Crippen LogP contribution in [0.15, 0.2) is 48.7 Å². The van der Waals surface area contributed by atoms with Crippen LogP contribution in [0.1, 0.15) is 39.9 Å². The Morgan fingerprint density at radius 3 is 2.58 bits per heavy atom. The van der Waals surface area contributed by atoms with Gasteiger partial charge in [-0.2, -0.15) is 0 Å². The van der Waals surface area contributed by atoms with Gasteiger partial charge >= 0.3 is 0 Å². The van der Waals surface area contributed by atoms with Crippen LogP contribution < -0.4 is 11.1 Å². The maximum Gasteiger partial charge on any atom is 0.274 e. The van der Waals surface area contributed by atoms with E-state index in [1.807, 2.05) is 31.3 Å². The monoisotopic (exact) mass is 322 g/mol. The minimum atomic E-state index is -0.500. The zero-order chi connectivity index (χ0) is 17.1. The molecule has 0 aliphatic carbocycles. The molecular formula is C18H18N4O2. The predicted octanol–water partition coefficient (Wildman–Crippen LogP) is 2.64. The number of aryl methyl sites for hydroxylation is 1. The van der Waals surface area contributed by atoms with Gasteiger partial charge in [0.15, 0.2) is 0 Å². The Morgan fingerprint density at radius 1 is 1.17 bits per heavy atom. The second-order valence-electron chi connectivity index (χ2n) is 5.48. The lowest BCUT2D eigenvalue weighted by atomic mass is 10.2. The molecule has 6 nitrogen and oxygen atoms in total. The molecule has 122 valence electrons. The van der Waals surface area contributed by atoms with Crippen molar-refractivity contribution in [2.75, 3.05) is 5.32 Å². The summed E-state index contributed by atoms with van der Waals surface area (Å²) >= 11 is 0. The third-order valence-electron chi connectivity index (χ3n) is 3.73. The SMILES string of the molecule is CCCc1nc2ccccn2c1C(=O)Nc1ccc(C(N)=O)cc1. The van der Waals surface area contributed by atoms with Gasteiger partial charge in [0.2, 0.25) is 5.91 Å². The molecule has 3 rings (SSSR count). The number of nitrogens with one attached hydrogen (secondary N) is 1. The Balaban J connectivity index is 1.93. The van der Waals surface area contributed by atoms with Gasteiger partial charge in [0.1, 0.15) is 11.3 Å². The van der Waals surface area contributed by atoms with E-state index in [4.69, 9.17) is 5.73 Å². The van der Waals surface area contributed by atoms with Crippen LogP contribution in [0.3, 0.4) is 0 Å². The first-order chi connectivity index (χ1) is 11.6. The summed E-state index contributed by atoms with van der Waals surface area (Å²) in [5.41, 5.74) is 8.27. The van der Waals surface area contributed by atoms with Crippen molar-refractivity contribution in [3.63, 3.8) is 0 Å². The molecule has 1 aromatic carbocycles. The third kappa shape index (κ3) is 2.99. The summed E-state index contributed by atoms with van der Waals surface area (Å²) < 4.78 is 1.79. The number of nitrogens with zero attached hydrogens (tertiary/aromatic N) is 2. The van der Waals surface area contributed by atoms with E-state index in [0.717, 1.165) is 24.2 Å². The number of aromatic nitrogens is 2. The van der Waals surface area contributed by atoms with Crippen LogP contribution in [-0.4, -0.2) is 21.2 Å². The van der Waals surface area contributed by atoms with E-state index in [-0.39, 0.29) is 5.91 Å². The first-order valence-electron chi connectivity index (χ1n) is 7.77. The smallest absolute Gasteiger partial charge is 0.274 e. The van der Waals surface area contributed by atoms with Crippen molar-refractivity contribution in [2.24, 2.45) is 5.73 Å². The van der Waals surface area contributed by atoms with Crippen LogP contribution in [0.2, 0.25) is 0 Å². The fourth-order valence-electron chi connectivity index (χ4n) is 2.60. The number of rotatable bonds is 5. The molecule has 3 aromatic rings. The van der Waals surface area contributed by atoms with Gasteiger partial charge in [-0.25, -0.2) is 4.98 Å². The molecule has 0 fully saturated rings. The molecule has 3 N–H and O–H groups in total. The fraction of sp³-hybridized carbons (Fsp3) is 0.167. The standard InChI is InChI=1S/C18H18N4O2/c1-2-5-14-16(22-11-4-3-6-15(22)21-14)18(24)20-13-9-7-12(8-10-13)17(19)23/h3-4,6-11H,2,5H2,1H3,(H2,19,23)(H,20,24). The van der Waals surface area contributed by atoms with Crippen molar-refractivity contribution in [3.05, 3.63) is 65.6 Å². The summed E-state index contributed by atoms with van der Waals surface area (Å²) in [5, 5.41) is 2.85. The zero-order valence-corrected chi connectivity index (χ0v) is 13.3. The van der Waals surface area contributed by atoms with E-state index in [0.29, 0.717) is 16.9 Å². The highest BCUT2D eigenvalue weighted by atomic mass is 16.2. The molecule has 0 radical (unpaired) electrons. The van der Waals surface area contributed by atoms with Gasteiger partial charge in [-0.15, -0.1) is 0 Å². The molecule has 2 aromatic heterocycles. The number of carbonyl (C=O) groups is 2. The molecule has 0 aliphatic rings. The molecule has 0 saturated carbocycles. The minimum absolute atomic E-state index is 0.232. The van der Waals surface area contributed by atoms with Gasteiger partial charge in [0, 0.05) is 17.4 Å². The summed E-state index contributed by atoms with van der Waals surface area (Å²) in [4.78, 5) is 28.4. The third-order valence-corrected chi connectivity index (χ3v) is 3.73. The highest BCUT2D eigenvalue weighted by Gasteiger charge is 2.18. The maximum absolute atomic E-state index is 12.7. The Kier molecular flexibility index (Phi) is 4.29. The lowest BCUT2D eigenvalue weighted by Gasteiger charge is -2.07. The van der Waals surface area contributed by atoms with E-state index in [9.17, 15) is 9.59 Å². The molecule has 0 saturated heterocycles. The second-order valence-corrected chi connectivity index (χ2v) is 5.48. The Bertz CT molecular complexity index is 897. The number of fused-ring (bicyclic) bond motifs is 1. The number of imidazole rings is 1. The average Bonchev–Trinajstić information content (AvgIpc) is 2.93. The first-order valence-corrected chi connectivity index (χ1v) is 7.77. The number of benzene rings is 1. The zero-order valence-electron chi connectivity index (χ0n) is 13.3. The molecule has 2 heterocycles. The number of carbonyl (C=O) groups excluding carboxylic acids is 2. The maximum atomic E-state index is 12.7. The minimum Gasteiger partial charge on any atom is -0.366 e. The summed E-state index contributed by atoms with van der Waals surface area (Å²) in [5.74, 6) is -0.733. The van der Waals surface area contributed by atoms with Crippen LogP contribution in [0.5, 0.6) is 0 Å². The topological polar surface area (TPSA) is 89.5 Å². The number of amides is 2. The highest BCUT2D eigenvalue weighted by molar-refractivity contribution is 6.04. The van der Waals surface area contributed by atoms with Gasteiger partial charge in [0.25, 0.3) is 5.91 Å². The van der Waals surface area contributed by atoms with Crippen molar-refractivity contribution < 1.29 is 9.59 Å². The van der Waals surface area contributed by atoms with Crippen molar-refractivity contribution in [2.45, 2.75) is 19.8 Å². The van der Waals surface area contributed by atoms with Gasteiger partial charge < -0.3 is 11.1 Å². The van der Waals surface area contributed by atoms with Crippen molar-refractivity contribution in [1.29, 1.82) is 0 Å². The number of primary amides is 1. The summed E-state index contributed by atoms with van der Waals surface area (Å²) in [7, 11) is 0. The van der Waals surface area contributed by atoms with E-state index in [2.05, 4.69) is 10.3 Å².